The van der Waals surface area contributed by atoms with Gasteiger partial charge in [0.05, 0.1) is 0 Å². The van der Waals surface area contributed by atoms with E-state index in [1.165, 1.54) is 0 Å². The van der Waals surface area contributed by atoms with Gasteiger partial charge in [-0.2, -0.15) is 0 Å². The van der Waals surface area contributed by atoms with Gasteiger partial charge in [0.1, 0.15) is 0 Å². The summed E-state index contributed by atoms with van der Waals surface area (Å²) in [6.07, 6.45) is 0.801. The Morgan fingerprint density at radius 1 is 1.19 bits per heavy atom. The smallest absolute Gasteiger partial charge is 0.0453 e. The number of halogens is 2. The summed E-state index contributed by atoms with van der Waals surface area (Å²) in [5.74, 6) is 1.06. The highest BCUT2D eigenvalue weighted by atomic mass is 35.5. The first-order valence-corrected chi connectivity index (χ1v) is 6.37. The van der Waals surface area contributed by atoms with E-state index in [2.05, 4.69) is 20.8 Å². The molecule has 1 aromatic carbocycles. The van der Waals surface area contributed by atoms with Crippen molar-refractivity contribution in [2.75, 3.05) is 0 Å². The molecule has 90 valence electrons. The molecule has 0 aliphatic carbocycles. The lowest BCUT2D eigenvalue weighted by Crippen LogP contribution is -2.33. The fourth-order valence-electron chi connectivity index (χ4n) is 1.62. The van der Waals surface area contributed by atoms with E-state index in [1.54, 1.807) is 6.07 Å². The Kier molecular flexibility index (Phi) is 5.10. The van der Waals surface area contributed by atoms with Crippen molar-refractivity contribution in [3.63, 3.8) is 0 Å². The highest BCUT2D eigenvalue weighted by Gasteiger charge is 2.17. The molecule has 0 fully saturated rings. The summed E-state index contributed by atoms with van der Waals surface area (Å²) in [5, 5.41) is 1.37. The van der Waals surface area contributed by atoms with Crippen molar-refractivity contribution in [2.45, 2.75) is 33.2 Å². The third-order valence-corrected chi connectivity index (χ3v) is 3.78. The number of rotatable bonds is 4. The molecule has 0 amide bonds. The topological polar surface area (TPSA) is 26.0 Å². The summed E-state index contributed by atoms with van der Waals surface area (Å²) in [6, 6.07) is 5.72. The van der Waals surface area contributed by atoms with E-state index < -0.39 is 0 Å². The zero-order valence-electron chi connectivity index (χ0n) is 10.0. The van der Waals surface area contributed by atoms with Gasteiger partial charge in [-0.05, 0) is 36.0 Å². The molecular formula is C13H19Cl2N. The average molecular weight is 260 g/mol. The molecule has 1 aromatic rings. The number of hydrogen-bond donors (Lipinski definition) is 1. The Hall–Kier alpha value is -0.240. The fraction of sp³-hybridized carbons (Fsp3) is 0.538. The minimum Gasteiger partial charge on any atom is -0.327 e. The summed E-state index contributed by atoms with van der Waals surface area (Å²) in [6.45, 7) is 6.56. The van der Waals surface area contributed by atoms with E-state index in [-0.39, 0.29) is 6.04 Å². The molecule has 0 saturated carbocycles. The first-order valence-electron chi connectivity index (χ1n) is 5.61. The minimum absolute atomic E-state index is 0.138. The van der Waals surface area contributed by atoms with Gasteiger partial charge in [-0.3, -0.25) is 0 Å². The Labute approximate surface area is 108 Å². The Morgan fingerprint density at radius 2 is 1.81 bits per heavy atom. The van der Waals surface area contributed by atoms with Crippen LogP contribution in [0, 0.1) is 11.8 Å². The second-order valence-corrected chi connectivity index (χ2v) is 5.55. The van der Waals surface area contributed by atoms with Crippen LogP contribution >= 0.6 is 23.2 Å². The molecule has 0 bridgehead atoms. The van der Waals surface area contributed by atoms with Crippen LogP contribution < -0.4 is 5.73 Å². The van der Waals surface area contributed by atoms with Gasteiger partial charge in [-0.25, -0.2) is 0 Å². The predicted octanol–water partition coefficient (Wildman–Crippen LogP) is 4.16. The molecule has 0 aliphatic rings. The SMILES string of the molecule is CC(C)C(C)C(N)Cc1ccc(Cl)cc1Cl. The highest BCUT2D eigenvalue weighted by Crippen LogP contribution is 2.24. The van der Waals surface area contributed by atoms with Crippen molar-refractivity contribution >= 4 is 23.2 Å². The first kappa shape index (κ1) is 13.8. The van der Waals surface area contributed by atoms with Crippen LogP contribution in [-0.4, -0.2) is 6.04 Å². The van der Waals surface area contributed by atoms with Crippen LogP contribution in [0.3, 0.4) is 0 Å². The van der Waals surface area contributed by atoms with Crippen LogP contribution in [0.4, 0.5) is 0 Å². The van der Waals surface area contributed by atoms with Crippen molar-refractivity contribution in [3.8, 4) is 0 Å². The van der Waals surface area contributed by atoms with E-state index in [1.807, 2.05) is 12.1 Å². The minimum atomic E-state index is 0.138. The van der Waals surface area contributed by atoms with Gasteiger partial charge in [-0.1, -0.05) is 50.0 Å². The van der Waals surface area contributed by atoms with Crippen LogP contribution in [0.15, 0.2) is 18.2 Å². The molecule has 0 radical (unpaired) electrons. The lowest BCUT2D eigenvalue weighted by Gasteiger charge is -2.23. The standard InChI is InChI=1S/C13H19Cl2N/c1-8(2)9(3)13(16)6-10-4-5-11(14)7-12(10)15/h4-5,7-9,13H,6,16H2,1-3H3. The first-order chi connectivity index (χ1) is 7.41. The molecular weight excluding hydrogens is 241 g/mol. The van der Waals surface area contributed by atoms with Crippen molar-refractivity contribution < 1.29 is 0 Å². The summed E-state index contributed by atoms with van der Waals surface area (Å²) in [4.78, 5) is 0. The molecule has 1 nitrogen and oxygen atoms in total. The molecule has 0 aliphatic heterocycles. The van der Waals surface area contributed by atoms with Gasteiger partial charge in [-0.15, -0.1) is 0 Å². The Bertz CT molecular complexity index is 350. The summed E-state index contributed by atoms with van der Waals surface area (Å²) in [5.41, 5.74) is 7.24. The molecule has 0 heterocycles. The van der Waals surface area contributed by atoms with Gasteiger partial charge in [0.15, 0.2) is 0 Å². The third-order valence-electron chi connectivity index (χ3n) is 3.20. The maximum atomic E-state index is 6.17. The summed E-state index contributed by atoms with van der Waals surface area (Å²) in [7, 11) is 0. The molecule has 0 aromatic heterocycles. The van der Waals surface area contributed by atoms with E-state index in [0.29, 0.717) is 21.9 Å². The molecule has 3 heteroatoms. The van der Waals surface area contributed by atoms with Crippen molar-refractivity contribution in [2.24, 2.45) is 17.6 Å². The largest absolute Gasteiger partial charge is 0.327 e. The molecule has 2 N–H and O–H groups in total. The average Bonchev–Trinajstić information content (AvgIpc) is 2.20. The molecule has 16 heavy (non-hydrogen) atoms. The fourth-order valence-corrected chi connectivity index (χ4v) is 2.11. The van der Waals surface area contributed by atoms with Crippen LogP contribution in [0.5, 0.6) is 0 Å². The molecule has 2 atom stereocenters. The zero-order valence-corrected chi connectivity index (χ0v) is 11.5. The van der Waals surface area contributed by atoms with E-state index >= 15 is 0 Å². The second kappa shape index (κ2) is 5.90. The number of hydrogen-bond acceptors (Lipinski definition) is 1. The van der Waals surface area contributed by atoms with Gasteiger partial charge < -0.3 is 5.73 Å². The van der Waals surface area contributed by atoms with Gasteiger partial charge in [0.2, 0.25) is 0 Å². The normalized spacial score (nSPS) is 15.2. The van der Waals surface area contributed by atoms with Gasteiger partial charge in [0, 0.05) is 16.1 Å². The Morgan fingerprint density at radius 3 is 2.31 bits per heavy atom. The van der Waals surface area contributed by atoms with Crippen LogP contribution in [0.1, 0.15) is 26.3 Å². The molecule has 2 unspecified atom stereocenters. The molecule has 1 rings (SSSR count). The Balaban J connectivity index is 2.73. The summed E-state index contributed by atoms with van der Waals surface area (Å²) >= 11 is 12.0. The number of benzene rings is 1. The third kappa shape index (κ3) is 3.65. The monoisotopic (exact) mass is 259 g/mol. The van der Waals surface area contributed by atoms with Crippen LogP contribution in [0.2, 0.25) is 10.0 Å². The quantitative estimate of drug-likeness (QED) is 0.864. The highest BCUT2D eigenvalue weighted by molar-refractivity contribution is 6.35. The lowest BCUT2D eigenvalue weighted by atomic mass is 9.87. The molecule has 0 saturated heterocycles. The lowest BCUT2D eigenvalue weighted by molar-refractivity contribution is 0.344. The van der Waals surface area contributed by atoms with Crippen molar-refractivity contribution in [1.29, 1.82) is 0 Å². The predicted molar refractivity (Wildman–Crippen MR) is 72.1 cm³/mol. The summed E-state index contributed by atoms with van der Waals surface area (Å²) < 4.78 is 0. The van der Waals surface area contributed by atoms with E-state index in [9.17, 15) is 0 Å². The van der Waals surface area contributed by atoms with Crippen molar-refractivity contribution in [1.82, 2.24) is 0 Å². The van der Waals surface area contributed by atoms with E-state index in [0.717, 1.165) is 12.0 Å². The number of nitrogens with two attached hydrogens (primary N) is 1. The van der Waals surface area contributed by atoms with E-state index in [4.69, 9.17) is 28.9 Å². The maximum Gasteiger partial charge on any atom is 0.0453 e. The second-order valence-electron chi connectivity index (χ2n) is 4.71. The van der Waals surface area contributed by atoms with Gasteiger partial charge >= 0.3 is 0 Å². The van der Waals surface area contributed by atoms with Gasteiger partial charge in [0.25, 0.3) is 0 Å². The van der Waals surface area contributed by atoms with Crippen LogP contribution in [0.25, 0.3) is 0 Å². The van der Waals surface area contributed by atoms with Crippen molar-refractivity contribution in [3.05, 3.63) is 33.8 Å². The maximum absolute atomic E-state index is 6.17. The molecule has 0 spiro atoms. The zero-order chi connectivity index (χ0) is 12.3. The van der Waals surface area contributed by atoms with Crippen LogP contribution in [-0.2, 0) is 6.42 Å².